The number of aromatic nitrogens is 4. The Balaban J connectivity index is 1.11. The molecule has 3 aromatic carbocycles. The van der Waals surface area contributed by atoms with Crippen LogP contribution in [0.15, 0.2) is 66.7 Å². The van der Waals surface area contributed by atoms with E-state index in [0.29, 0.717) is 62.4 Å². The van der Waals surface area contributed by atoms with Crippen molar-refractivity contribution in [1.82, 2.24) is 41.5 Å². The van der Waals surface area contributed by atoms with Gasteiger partial charge in [0.05, 0.1) is 0 Å². The van der Waals surface area contributed by atoms with E-state index in [2.05, 4.69) is 41.9 Å². The van der Waals surface area contributed by atoms with Crippen LogP contribution >= 0.6 is 0 Å². The third-order valence-corrected chi connectivity index (χ3v) is 10.8. The number of nitrogens with one attached hydrogen (secondary N) is 5. The fraction of sp³-hybridized carbons (Fsp3) is 0.442. The molecule has 2 fully saturated rings. The topological polar surface area (TPSA) is 221 Å². The van der Waals surface area contributed by atoms with Crippen LogP contribution in [0.3, 0.4) is 0 Å². The number of hydrogen-bond donors (Lipinski definition) is 6. The van der Waals surface area contributed by atoms with E-state index in [-0.39, 0.29) is 42.0 Å². The highest BCUT2D eigenvalue weighted by Crippen LogP contribution is 2.30. The lowest BCUT2D eigenvalue weighted by Crippen LogP contribution is -2.48. The normalized spacial score (nSPS) is 17.7. The summed E-state index contributed by atoms with van der Waals surface area (Å²) in [6, 6.07) is 19.3. The Morgan fingerprint density at radius 3 is 2.20 bits per heavy atom. The predicted molar refractivity (Wildman–Crippen MR) is 220 cm³/mol. The van der Waals surface area contributed by atoms with Crippen molar-refractivity contribution in [2.24, 2.45) is 11.8 Å². The molecule has 1 aliphatic heterocycles. The molecule has 6 N–H and O–H groups in total. The molecule has 2 aliphatic rings. The highest BCUT2D eigenvalue weighted by atomic mass is 16.6. The molecule has 0 radical (unpaired) electrons. The van der Waals surface area contributed by atoms with Crippen molar-refractivity contribution >= 4 is 35.6 Å². The minimum Gasteiger partial charge on any atom is -0.465 e. The average molecular weight is 808 g/mol. The van der Waals surface area contributed by atoms with E-state index in [0.717, 1.165) is 40.7 Å². The molecule has 16 nitrogen and oxygen atoms in total. The van der Waals surface area contributed by atoms with E-state index in [1.807, 2.05) is 64.1 Å². The van der Waals surface area contributed by atoms with Crippen molar-refractivity contribution in [1.29, 1.82) is 0 Å². The molecule has 0 unspecified atom stereocenters. The minimum absolute atomic E-state index is 0.105. The predicted octanol–water partition coefficient (Wildman–Crippen LogP) is 5.71. The summed E-state index contributed by atoms with van der Waals surface area (Å²) in [7, 11) is 0. The van der Waals surface area contributed by atoms with Crippen molar-refractivity contribution in [2.75, 3.05) is 25.0 Å². The molecule has 59 heavy (non-hydrogen) atoms. The number of hydrogen-bond acceptors (Lipinski definition) is 9. The number of carbonyl (C=O) groups is 5. The van der Waals surface area contributed by atoms with Crippen LogP contribution in [0.2, 0.25) is 0 Å². The van der Waals surface area contributed by atoms with Crippen LogP contribution in [0.25, 0.3) is 22.5 Å². The van der Waals surface area contributed by atoms with Crippen molar-refractivity contribution in [3.8, 4) is 22.5 Å². The molecule has 6 rings (SSSR count). The van der Waals surface area contributed by atoms with Gasteiger partial charge < -0.3 is 36.0 Å². The molecule has 312 valence electrons. The molecule has 1 saturated carbocycles. The Bertz CT molecular complexity index is 2080. The number of nitrogens with zero attached hydrogens (tertiary/aromatic N) is 4. The Labute approximate surface area is 343 Å². The van der Waals surface area contributed by atoms with Crippen LogP contribution in [-0.4, -0.2) is 97.9 Å². The SMILES string of the molecule is Cc1ccc(C(=O)NC2CCN(C(=O)O)CC2)cc1-c1ccc(C[C@H](NC(=O)[C@H]2CC[C@H](CNC(=O)OC(C)(C)C)CC2)C(=O)Nc2ccc(-c3nn[nH]n3)cc2)cc1. The minimum atomic E-state index is -0.946. The second-order valence-electron chi connectivity index (χ2n) is 16.4. The summed E-state index contributed by atoms with van der Waals surface area (Å²) in [4.78, 5) is 65.7. The number of alkyl carbamates (subject to hydrolysis) is 1. The quantitative estimate of drug-likeness (QED) is 0.102. The summed E-state index contributed by atoms with van der Waals surface area (Å²) in [5, 5.41) is 35.2. The van der Waals surface area contributed by atoms with Crippen molar-refractivity contribution in [2.45, 2.75) is 90.3 Å². The van der Waals surface area contributed by atoms with Gasteiger partial charge in [-0.25, -0.2) is 9.59 Å². The van der Waals surface area contributed by atoms with Gasteiger partial charge in [0.25, 0.3) is 5.91 Å². The van der Waals surface area contributed by atoms with Crippen LogP contribution in [0, 0.1) is 18.8 Å². The van der Waals surface area contributed by atoms with Crippen molar-refractivity contribution in [3.63, 3.8) is 0 Å². The lowest BCUT2D eigenvalue weighted by molar-refractivity contribution is -0.130. The maximum atomic E-state index is 13.9. The first-order valence-corrected chi connectivity index (χ1v) is 20.1. The largest absolute Gasteiger partial charge is 0.465 e. The number of tetrazole rings is 1. The number of amides is 5. The fourth-order valence-corrected chi connectivity index (χ4v) is 7.50. The first-order chi connectivity index (χ1) is 28.2. The first-order valence-electron chi connectivity index (χ1n) is 20.1. The monoisotopic (exact) mass is 807 g/mol. The number of ether oxygens (including phenoxy) is 1. The highest BCUT2D eigenvalue weighted by molar-refractivity contribution is 5.98. The van der Waals surface area contributed by atoms with Gasteiger partial charge in [-0.3, -0.25) is 14.4 Å². The molecule has 0 bridgehead atoms. The zero-order valence-corrected chi connectivity index (χ0v) is 33.9. The molecule has 4 aromatic rings. The molecular formula is C43H53N9O7. The molecule has 1 aromatic heterocycles. The standard InChI is InChI=1S/C43H53N9O7/c1-26-5-10-32(39(54)45-34-19-21-52(22-20-34)42(57)58)24-35(26)29-11-6-27(7-12-29)23-36(40(55)46-33-17-15-30(16-18-33)37-48-50-51-49-37)47-38(53)31-13-8-28(9-14-31)25-44-41(56)59-43(2,3)4/h5-7,10-12,15-18,24,28,31,34,36H,8-9,13-14,19-23,25H2,1-4H3,(H,44,56)(H,45,54)(H,46,55)(H,47,53)(H,57,58)(H,48,49,50,51)/t28-,31-,36-/m0/s1. The van der Waals surface area contributed by atoms with Gasteiger partial charge >= 0.3 is 12.2 Å². The summed E-state index contributed by atoms with van der Waals surface area (Å²) in [5.74, 6) is -0.394. The summed E-state index contributed by atoms with van der Waals surface area (Å²) >= 11 is 0. The van der Waals surface area contributed by atoms with Crippen LogP contribution in [0.1, 0.15) is 80.8 Å². The number of aryl methyl sites for hydroxylation is 1. The van der Waals surface area contributed by atoms with Gasteiger partial charge in [0.15, 0.2) is 0 Å². The maximum Gasteiger partial charge on any atom is 0.407 e. The number of carbonyl (C=O) groups excluding carboxylic acids is 4. The van der Waals surface area contributed by atoms with Gasteiger partial charge in [-0.1, -0.05) is 30.3 Å². The molecular weight excluding hydrogens is 755 g/mol. The molecule has 1 aliphatic carbocycles. The van der Waals surface area contributed by atoms with Crippen LogP contribution in [0.4, 0.5) is 15.3 Å². The van der Waals surface area contributed by atoms with E-state index in [1.54, 1.807) is 30.3 Å². The number of H-pyrrole nitrogens is 1. The number of rotatable bonds is 12. The van der Waals surface area contributed by atoms with Gasteiger partial charge in [-0.2, -0.15) is 5.21 Å². The molecule has 1 atom stereocenters. The molecule has 1 saturated heterocycles. The smallest absolute Gasteiger partial charge is 0.407 e. The zero-order valence-electron chi connectivity index (χ0n) is 33.9. The van der Waals surface area contributed by atoms with Crippen molar-refractivity contribution in [3.05, 3.63) is 83.4 Å². The number of anilines is 1. The second kappa shape index (κ2) is 19.0. The number of benzene rings is 3. The van der Waals surface area contributed by atoms with E-state index in [9.17, 15) is 29.1 Å². The third kappa shape index (κ3) is 11.9. The molecule has 2 heterocycles. The van der Waals surface area contributed by atoms with Gasteiger partial charge in [-0.15, -0.1) is 10.2 Å². The van der Waals surface area contributed by atoms with Gasteiger partial charge in [-0.05, 0) is 136 Å². The number of likely N-dealkylation sites (tertiary alicyclic amines) is 1. The Morgan fingerprint density at radius 1 is 0.898 bits per heavy atom. The fourth-order valence-electron chi connectivity index (χ4n) is 7.50. The van der Waals surface area contributed by atoms with E-state index >= 15 is 0 Å². The van der Waals surface area contributed by atoms with Crippen LogP contribution in [0.5, 0.6) is 0 Å². The van der Waals surface area contributed by atoms with Gasteiger partial charge in [0, 0.05) is 54.8 Å². The number of aromatic amines is 1. The maximum absolute atomic E-state index is 13.9. The molecule has 0 spiro atoms. The molecule has 16 heteroatoms. The summed E-state index contributed by atoms with van der Waals surface area (Å²) < 4.78 is 5.36. The van der Waals surface area contributed by atoms with E-state index in [4.69, 9.17) is 4.74 Å². The summed E-state index contributed by atoms with van der Waals surface area (Å²) in [6.45, 7) is 8.66. The van der Waals surface area contributed by atoms with Crippen molar-refractivity contribution < 1.29 is 33.8 Å². The Kier molecular flexibility index (Phi) is 13.6. The zero-order chi connectivity index (χ0) is 42.1. The van der Waals surface area contributed by atoms with Crippen LogP contribution < -0.4 is 21.3 Å². The summed E-state index contributed by atoms with van der Waals surface area (Å²) in [5.41, 5.74) is 4.77. The van der Waals surface area contributed by atoms with Gasteiger partial charge in [0.1, 0.15) is 11.6 Å². The molecule has 5 amide bonds. The Morgan fingerprint density at radius 2 is 1.58 bits per heavy atom. The summed E-state index contributed by atoms with van der Waals surface area (Å²) in [6.07, 6.45) is 2.72. The number of carboxylic acid groups (broad SMARTS) is 1. The highest BCUT2D eigenvalue weighted by Gasteiger charge is 2.31. The van der Waals surface area contributed by atoms with E-state index < -0.39 is 23.8 Å². The first kappa shape index (κ1) is 42.3. The lowest BCUT2D eigenvalue weighted by Gasteiger charge is -2.30. The Hall–Kier alpha value is -6.32. The third-order valence-electron chi connectivity index (χ3n) is 10.8. The van der Waals surface area contributed by atoms with Crippen LogP contribution in [-0.2, 0) is 20.7 Å². The average Bonchev–Trinajstić information content (AvgIpc) is 3.76. The van der Waals surface area contributed by atoms with Gasteiger partial charge in [0.2, 0.25) is 17.6 Å². The van der Waals surface area contributed by atoms with E-state index in [1.165, 1.54) is 4.90 Å². The number of piperidine rings is 1. The second-order valence-corrected chi connectivity index (χ2v) is 16.4. The lowest BCUT2D eigenvalue weighted by atomic mass is 9.81.